The maximum atomic E-state index is 13.6. The fraction of sp³-hybridized carbons (Fsp3) is 0.526. The van der Waals surface area contributed by atoms with Gasteiger partial charge in [0.25, 0.3) is 0 Å². The zero-order valence-electron chi connectivity index (χ0n) is 14.1. The molecule has 2 unspecified atom stereocenters. The first-order valence-corrected chi connectivity index (χ1v) is 8.26. The minimum atomic E-state index is -0.288. The number of hydrogen-bond acceptors (Lipinski definition) is 1. The highest BCUT2D eigenvalue weighted by Crippen LogP contribution is 2.52. The van der Waals surface area contributed by atoms with Crippen molar-refractivity contribution in [3.05, 3.63) is 41.8 Å². The highest BCUT2D eigenvalue weighted by Gasteiger charge is 2.50. The smallest absolute Gasteiger partial charge is 0.321 e. The van der Waals surface area contributed by atoms with Crippen LogP contribution in [0.5, 0.6) is 0 Å². The van der Waals surface area contributed by atoms with Crippen molar-refractivity contribution in [3.8, 4) is 0 Å². The highest BCUT2D eigenvalue weighted by atomic mass is 19.1. The summed E-state index contributed by atoms with van der Waals surface area (Å²) in [6.07, 6.45) is 6.43. The van der Waals surface area contributed by atoms with E-state index in [1.54, 1.807) is 24.3 Å². The Labute approximate surface area is 137 Å². The Balaban J connectivity index is 1.65. The number of urea groups is 1. The van der Waals surface area contributed by atoms with Gasteiger partial charge in [0.2, 0.25) is 0 Å². The number of rotatable bonds is 2. The van der Waals surface area contributed by atoms with Crippen LogP contribution in [-0.2, 0) is 0 Å². The van der Waals surface area contributed by atoms with Crippen LogP contribution >= 0.6 is 0 Å². The van der Waals surface area contributed by atoms with E-state index in [1.807, 2.05) is 4.90 Å². The third-order valence-corrected chi connectivity index (χ3v) is 5.05. The van der Waals surface area contributed by atoms with Crippen LogP contribution in [0.1, 0.15) is 45.6 Å². The first-order chi connectivity index (χ1) is 10.8. The van der Waals surface area contributed by atoms with Gasteiger partial charge in [-0.05, 0) is 42.2 Å². The lowest BCUT2D eigenvalue weighted by Crippen LogP contribution is -2.41. The van der Waals surface area contributed by atoms with Crippen LogP contribution in [0.4, 0.5) is 9.18 Å². The summed E-state index contributed by atoms with van der Waals surface area (Å²) in [4.78, 5) is 14.4. The van der Waals surface area contributed by atoms with E-state index in [0.29, 0.717) is 11.6 Å². The number of hydrogen-bond donors (Lipinski definition) is 1. The molecule has 0 radical (unpaired) electrons. The van der Waals surface area contributed by atoms with Crippen molar-refractivity contribution in [2.75, 3.05) is 6.54 Å². The minimum absolute atomic E-state index is 0.0796. The Bertz CT molecular complexity index is 640. The van der Waals surface area contributed by atoms with E-state index in [0.717, 1.165) is 25.8 Å². The number of nitrogens with zero attached hydrogens (tertiary/aromatic N) is 1. The van der Waals surface area contributed by atoms with E-state index in [4.69, 9.17) is 0 Å². The Morgan fingerprint density at radius 3 is 2.78 bits per heavy atom. The molecule has 3 nitrogen and oxygen atoms in total. The number of carbonyl (C=O) groups excluding carboxylic acids is 1. The summed E-state index contributed by atoms with van der Waals surface area (Å²) < 4.78 is 13.6. The Hall–Kier alpha value is -1.84. The summed E-state index contributed by atoms with van der Waals surface area (Å²) in [5.74, 6) is -0.288. The van der Waals surface area contributed by atoms with Gasteiger partial charge in [-0.15, -0.1) is 0 Å². The SMILES string of the molecule is CC1(C)CC2CC(C)(CN2C(=O)N/C=C/c2ccccc2F)C1. The fourth-order valence-electron chi connectivity index (χ4n) is 4.59. The Morgan fingerprint density at radius 1 is 1.30 bits per heavy atom. The summed E-state index contributed by atoms with van der Waals surface area (Å²) in [7, 11) is 0. The molecule has 4 heteroatoms. The van der Waals surface area contributed by atoms with E-state index < -0.39 is 0 Å². The first-order valence-electron chi connectivity index (χ1n) is 8.26. The van der Waals surface area contributed by atoms with E-state index in [2.05, 4.69) is 26.1 Å². The topological polar surface area (TPSA) is 32.3 Å². The molecular formula is C19H25FN2O. The molecule has 2 aliphatic rings. The number of likely N-dealkylation sites (tertiary alicyclic amines) is 1. The number of carbonyl (C=O) groups is 1. The van der Waals surface area contributed by atoms with E-state index in [1.165, 1.54) is 12.3 Å². The van der Waals surface area contributed by atoms with E-state index in [-0.39, 0.29) is 22.7 Å². The Kier molecular flexibility index (Phi) is 3.95. The van der Waals surface area contributed by atoms with E-state index >= 15 is 0 Å². The second-order valence-electron chi connectivity index (χ2n) is 8.15. The lowest BCUT2D eigenvalue weighted by Gasteiger charge is -2.39. The van der Waals surface area contributed by atoms with Gasteiger partial charge in [0.15, 0.2) is 0 Å². The van der Waals surface area contributed by atoms with Gasteiger partial charge in [0.1, 0.15) is 5.82 Å². The molecular weight excluding hydrogens is 291 g/mol. The molecule has 0 spiro atoms. The predicted molar refractivity (Wildman–Crippen MR) is 90.2 cm³/mol. The van der Waals surface area contributed by atoms with Crippen molar-refractivity contribution < 1.29 is 9.18 Å². The third-order valence-electron chi connectivity index (χ3n) is 5.05. The van der Waals surface area contributed by atoms with Gasteiger partial charge in [-0.1, -0.05) is 39.0 Å². The molecule has 1 saturated heterocycles. The van der Waals surface area contributed by atoms with Crippen molar-refractivity contribution >= 4 is 12.1 Å². The summed E-state index contributed by atoms with van der Waals surface area (Å²) >= 11 is 0. The average Bonchev–Trinajstić information content (AvgIpc) is 2.70. The average molecular weight is 316 g/mol. The van der Waals surface area contributed by atoms with Crippen molar-refractivity contribution in [1.29, 1.82) is 0 Å². The molecule has 2 fully saturated rings. The second-order valence-corrected chi connectivity index (χ2v) is 8.15. The summed E-state index contributed by atoms with van der Waals surface area (Å²) in [5.41, 5.74) is 0.982. The zero-order chi connectivity index (χ0) is 16.7. The van der Waals surface area contributed by atoms with Crippen molar-refractivity contribution in [3.63, 3.8) is 0 Å². The van der Waals surface area contributed by atoms with Gasteiger partial charge in [0.05, 0.1) is 0 Å². The molecule has 23 heavy (non-hydrogen) atoms. The van der Waals surface area contributed by atoms with E-state index in [9.17, 15) is 9.18 Å². The van der Waals surface area contributed by atoms with Crippen LogP contribution in [0.2, 0.25) is 0 Å². The summed E-state index contributed by atoms with van der Waals surface area (Å²) in [6.45, 7) is 7.66. The third kappa shape index (κ3) is 3.41. The molecule has 1 aromatic carbocycles. The molecule has 1 N–H and O–H groups in total. The molecule has 124 valence electrons. The van der Waals surface area contributed by atoms with Gasteiger partial charge in [0, 0.05) is 24.4 Å². The highest BCUT2D eigenvalue weighted by molar-refractivity contribution is 5.77. The van der Waals surface area contributed by atoms with Crippen molar-refractivity contribution in [2.24, 2.45) is 10.8 Å². The quantitative estimate of drug-likeness (QED) is 0.861. The van der Waals surface area contributed by atoms with Gasteiger partial charge in [-0.25, -0.2) is 9.18 Å². The van der Waals surface area contributed by atoms with Crippen LogP contribution in [0.15, 0.2) is 30.5 Å². The molecule has 2 amide bonds. The molecule has 0 aromatic heterocycles. The standard InChI is InChI=1S/C19H25FN2O/c1-18(2)10-15-11-19(3,12-18)13-22(15)17(23)21-9-8-14-6-4-5-7-16(14)20/h4-9,15H,10-13H2,1-3H3,(H,21,23)/b9-8+. The van der Waals surface area contributed by atoms with Crippen LogP contribution in [0.3, 0.4) is 0 Å². The fourth-order valence-corrected chi connectivity index (χ4v) is 4.59. The van der Waals surface area contributed by atoms with Crippen molar-refractivity contribution in [1.82, 2.24) is 10.2 Å². The maximum Gasteiger partial charge on any atom is 0.321 e. The molecule has 3 rings (SSSR count). The van der Waals surface area contributed by atoms with Gasteiger partial charge < -0.3 is 10.2 Å². The summed E-state index contributed by atoms with van der Waals surface area (Å²) in [6, 6.07) is 6.75. The van der Waals surface area contributed by atoms with Crippen LogP contribution in [-0.4, -0.2) is 23.5 Å². The molecule has 1 aliphatic heterocycles. The minimum Gasteiger partial charge on any atom is -0.321 e. The maximum absolute atomic E-state index is 13.6. The molecule has 1 aromatic rings. The number of halogens is 1. The monoisotopic (exact) mass is 316 g/mol. The van der Waals surface area contributed by atoms with Crippen molar-refractivity contribution in [2.45, 2.75) is 46.1 Å². The van der Waals surface area contributed by atoms with Gasteiger partial charge in [-0.2, -0.15) is 0 Å². The molecule has 2 bridgehead atoms. The lowest BCUT2D eigenvalue weighted by atomic mass is 9.65. The molecule has 2 atom stereocenters. The summed E-state index contributed by atoms with van der Waals surface area (Å²) in [5, 5.41) is 2.80. The Morgan fingerprint density at radius 2 is 2.04 bits per heavy atom. The first kappa shape index (κ1) is 16.0. The second kappa shape index (κ2) is 5.66. The van der Waals surface area contributed by atoms with Crippen LogP contribution in [0.25, 0.3) is 6.08 Å². The zero-order valence-corrected chi connectivity index (χ0v) is 14.1. The molecule has 1 aliphatic carbocycles. The number of nitrogens with one attached hydrogen (secondary N) is 1. The van der Waals surface area contributed by atoms with Crippen LogP contribution < -0.4 is 5.32 Å². The number of benzene rings is 1. The molecule has 1 heterocycles. The predicted octanol–water partition coefficient (Wildman–Crippen LogP) is 4.41. The lowest BCUT2D eigenvalue weighted by molar-refractivity contribution is 0.129. The number of fused-ring (bicyclic) bond motifs is 2. The van der Waals surface area contributed by atoms with Crippen LogP contribution in [0, 0.1) is 16.6 Å². The largest absolute Gasteiger partial charge is 0.321 e. The number of amides is 2. The normalized spacial score (nSPS) is 29.0. The van der Waals surface area contributed by atoms with Gasteiger partial charge >= 0.3 is 6.03 Å². The molecule has 1 saturated carbocycles. The van der Waals surface area contributed by atoms with Gasteiger partial charge in [-0.3, -0.25) is 0 Å².